The average Bonchev–Trinajstić information content (AvgIpc) is 2.10. The summed E-state index contributed by atoms with van der Waals surface area (Å²) in [5.74, 6) is -1.04. The second-order valence-corrected chi connectivity index (χ2v) is 3.57. The van der Waals surface area contributed by atoms with E-state index in [9.17, 15) is 8.78 Å². The molecule has 2 nitrogen and oxygen atoms in total. The van der Waals surface area contributed by atoms with Crippen molar-refractivity contribution in [2.24, 2.45) is 5.73 Å². The van der Waals surface area contributed by atoms with E-state index >= 15 is 0 Å². The van der Waals surface area contributed by atoms with Crippen LogP contribution in [0, 0.1) is 11.6 Å². The molecule has 1 aromatic rings. The van der Waals surface area contributed by atoms with E-state index < -0.39 is 11.6 Å². The monoisotopic (exact) mass is 215 g/mol. The van der Waals surface area contributed by atoms with Crippen LogP contribution in [0.25, 0.3) is 0 Å². The molecular formula is C11H15F2NO. The van der Waals surface area contributed by atoms with Crippen LogP contribution < -0.4 is 10.5 Å². The molecule has 0 spiro atoms. The van der Waals surface area contributed by atoms with Crippen molar-refractivity contribution in [3.05, 3.63) is 29.8 Å². The lowest BCUT2D eigenvalue weighted by Gasteiger charge is -2.07. The van der Waals surface area contributed by atoms with Crippen molar-refractivity contribution in [3.8, 4) is 5.75 Å². The van der Waals surface area contributed by atoms with E-state index in [0.29, 0.717) is 6.61 Å². The van der Waals surface area contributed by atoms with Crippen molar-refractivity contribution in [2.75, 3.05) is 6.61 Å². The van der Waals surface area contributed by atoms with Gasteiger partial charge in [0, 0.05) is 24.2 Å². The van der Waals surface area contributed by atoms with Gasteiger partial charge in [-0.1, -0.05) is 0 Å². The second-order valence-electron chi connectivity index (χ2n) is 3.57. The highest BCUT2D eigenvalue weighted by Gasteiger charge is 2.01. The Morgan fingerprint density at radius 2 is 1.87 bits per heavy atom. The maximum Gasteiger partial charge on any atom is 0.129 e. The SMILES string of the molecule is CC(N)CCCOc1cc(F)cc(F)c1. The first-order chi connectivity index (χ1) is 7.08. The predicted octanol–water partition coefficient (Wildman–Crippen LogP) is 2.47. The van der Waals surface area contributed by atoms with Gasteiger partial charge in [0.15, 0.2) is 0 Å². The zero-order chi connectivity index (χ0) is 11.3. The summed E-state index contributed by atoms with van der Waals surface area (Å²) in [6.45, 7) is 2.33. The third-order valence-electron chi connectivity index (χ3n) is 1.91. The molecule has 84 valence electrons. The predicted molar refractivity (Wildman–Crippen MR) is 54.7 cm³/mol. The number of hydrogen-bond donors (Lipinski definition) is 1. The van der Waals surface area contributed by atoms with Crippen molar-refractivity contribution in [1.82, 2.24) is 0 Å². The number of rotatable bonds is 5. The van der Waals surface area contributed by atoms with Crippen LogP contribution in [0.5, 0.6) is 5.75 Å². The lowest BCUT2D eigenvalue weighted by Crippen LogP contribution is -2.15. The molecule has 0 saturated carbocycles. The first-order valence-corrected chi connectivity index (χ1v) is 4.92. The van der Waals surface area contributed by atoms with Gasteiger partial charge in [0.2, 0.25) is 0 Å². The topological polar surface area (TPSA) is 35.2 Å². The van der Waals surface area contributed by atoms with Gasteiger partial charge in [-0.05, 0) is 19.8 Å². The van der Waals surface area contributed by atoms with Gasteiger partial charge in [0.25, 0.3) is 0 Å². The highest BCUT2D eigenvalue weighted by atomic mass is 19.1. The fourth-order valence-electron chi connectivity index (χ4n) is 1.21. The molecule has 0 bridgehead atoms. The van der Waals surface area contributed by atoms with Crippen LogP contribution in [0.4, 0.5) is 8.78 Å². The molecule has 0 amide bonds. The molecule has 0 saturated heterocycles. The normalized spacial score (nSPS) is 12.5. The largest absolute Gasteiger partial charge is 0.493 e. The van der Waals surface area contributed by atoms with Crippen molar-refractivity contribution < 1.29 is 13.5 Å². The van der Waals surface area contributed by atoms with E-state index in [1.54, 1.807) is 0 Å². The standard InChI is InChI=1S/C11H15F2NO/c1-8(14)3-2-4-15-11-6-9(12)5-10(13)7-11/h5-8H,2-4,14H2,1H3. The fourth-order valence-corrected chi connectivity index (χ4v) is 1.21. The number of hydrogen-bond acceptors (Lipinski definition) is 2. The quantitative estimate of drug-likeness (QED) is 0.766. The van der Waals surface area contributed by atoms with Crippen LogP contribution in [0.3, 0.4) is 0 Å². The van der Waals surface area contributed by atoms with E-state index in [-0.39, 0.29) is 11.8 Å². The third-order valence-corrected chi connectivity index (χ3v) is 1.91. The summed E-state index contributed by atoms with van der Waals surface area (Å²) in [4.78, 5) is 0. The molecule has 1 rings (SSSR count). The van der Waals surface area contributed by atoms with Gasteiger partial charge in [-0.15, -0.1) is 0 Å². The van der Waals surface area contributed by atoms with Crippen molar-refractivity contribution in [1.29, 1.82) is 0 Å². The van der Waals surface area contributed by atoms with Crippen LogP contribution in [-0.2, 0) is 0 Å². The van der Waals surface area contributed by atoms with Gasteiger partial charge in [-0.2, -0.15) is 0 Å². The molecule has 2 N–H and O–H groups in total. The Morgan fingerprint density at radius 1 is 1.27 bits per heavy atom. The van der Waals surface area contributed by atoms with Crippen LogP contribution in [0.15, 0.2) is 18.2 Å². The molecule has 0 radical (unpaired) electrons. The first kappa shape index (κ1) is 11.9. The van der Waals surface area contributed by atoms with Crippen LogP contribution in [0.2, 0.25) is 0 Å². The van der Waals surface area contributed by atoms with Crippen molar-refractivity contribution in [2.45, 2.75) is 25.8 Å². The average molecular weight is 215 g/mol. The highest BCUT2D eigenvalue weighted by Crippen LogP contribution is 2.15. The summed E-state index contributed by atoms with van der Waals surface area (Å²) in [7, 11) is 0. The van der Waals surface area contributed by atoms with Gasteiger partial charge < -0.3 is 10.5 Å². The van der Waals surface area contributed by atoms with E-state index in [2.05, 4.69) is 0 Å². The molecule has 0 heterocycles. The lowest BCUT2D eigenvalue weighted by atomic mass is 10.2. The van der Waals surface area contributed by atoms with Crippen LogP contribution >= 0.6 is 0 Å². The summed E-state index contributed by atoms with van der Waals surface area (Å²) in [5.41, 5.74) is 5.54. The minimum Gasteiger partial charge on any atom is -0.493 e. The Bertz CT molecular complexity index is 295. The molecule has 1 aromatic carbocycles. The maximum atomic E-state index is 12.7. The van der Waals surface area contributed by atoms with Gasteiger partial charge in [-0.3, -0.25) is 0 Å². The maximum absolute atomic E-state index is 12.7. The summed E-state index contributed by atoms with van der Waals surface area (Å²) >= 11 is 0. The Balaban J connectivity index is 2.37. The smallest absolute Gasteiger partial charge is 0.129 e. The molecular weight excluding hydrogens is 200 g/mol. The summed E-state index contributed by atoms with van der Waals surface area (Å²) in [6, 6.07) is 3.26. The molecule has 0 fully saturated rings. The van der Waals surface area contributed by atoms with Crippen LogP contribution in [-0.4, -0.2) is 12.6 Å². The molecule has 0 aliphatic carbocycles. The Hall–Kier alpha value is -1.16. The summed E-state index contributed by atoms with van der Waals surface area (Å²) < 4.78 is 30.6. The molecule has 0 aromatic heterocycles. The minimum absolute atomic E-state index is 0.123. The fraction of sp³-hybridized carbons (Fsp3) is 0.455. The second kappa shape index (κ2) is 5.66. The van der Waals surface area contributed by atoms with Gasteiger partial charge in [0.1, 0.15) is 17.4 Å². The number of halogens is 2. The molecule has 1 atom stereocenters. The molecule has 15 heavy (non-hydrogen) atoms. The number of nitrogens with two attached hydrogens (primary N) is 1. The lowest BCUT2D eigenvalue weighted by molar-refractivity contribution is 0.299. The summed E-state index contributed by atoms with van der Waals surface area (Å²) in [6.07, 6.45) is 1.60. The van der Waals surface area contributed by atoms with Crippen molar-refractivity contribution >= 4 is 0 Å². The van der Waals surface area contributed by atoms with E-state index in [1.807, 2.05) is 6.92 Å². The van der Waals surface area contributed by atoms with Gasteiger partial charge >= 0.3 is 0 Å². The molecule has 1 unspecified atom stereocenters. The van der Waals surface area contributed by atoms with E-state index in [0.717, 1.165) is 31.0 Å². The Morgan fingerprint density at radius 3 is 2.40 bits per heavy atom. The minimum atomic E-state index is -0.628. The molecule has 4 heteroatoms. The molecule has 0 aliphatic rings. The van der Waals surface area contributed by atoms with Gasteiger partial charge in [-0.25, -0.2) is 8.78 Å². The Kier molecular flexibility index (Phi) is 4.49. The van der Waals surface area contributed by atoms with Crippen LogP contribution in [0.1, 0.15) is 19.8 Å². The highest BCUT2D eigenvalue weighted by molar-refractivity contribution is 5.23. The number of ether oxygens (including phenoxy) is 1. The summed E-state index contributed by atoms with van der Waals surface area (Å²) in [5, 5.41) is 0. The van der Waals surface area contributed by atoms with Gasteiger partial charge in [0.05, 0.1) is 6.61 Å². The first-order valence-electron chi connectivity index (χ1n) is 4.92. The number of benzene rings is 1. The zero-order valence-electron chi connectivity index (χ0n) is 8.67. The van der Waals surface area contributed by atoms with Crippen molar-refractivity contribution in [3.63, 3.8) is 0 Å². The Labute approximate surface area is 88.0 Å². The van der Waals surface area contributed by atoms with E-state index in [1.165, 1.54) is 0 Å². The third kappa shape index (κ3) is 4.74. The molecule has 0 aliphatic heterocycles. The van der Waals surface area contributed by atoms with E-state index in [4.69, 9.17) is 10.5 Å². The zero-order valence-corrected chi connectivity index (χ0v) is 8.67.